The molecule has 3 aromatic carbocycles. The Morgan fingerprint density at radius 1 is 0.758 bits per heavy atom. The van der Waals surface area contributed by atoms with Crippen LogP contribution in [0.5, 0.6) is 0 Å². The predicted molar refractivity (Wildman–Crippen MR) is 135 cm³/mol. The predicted octanol–water partition coefficient (Wildman–Crippen LogP) is 6.31. The van der Waals surface area contributed by atoms with Gasteiger partial charge in [0.05, 0.1) is 6.61 Å². The van der Waals surface area contributed by atoms with E-state index in [2.05, 4.69) is 0 Å². The molecule has 0 amide bonds. The number of aliphatic hydroxyl groups is 1. The molecule has 3 rings (SSSR count). The molecule has 0 unspecified atom stereocenters. The average Bonchev–Trinajstić information content (AvgIpc) is 2.84. The molecule has 33 heavy (non-hydrogen) atoms. The monoisotopic (exact) mass is 486 g/mol. The minimum Gasteiger partial charge on any atom is -0.378 e. The van der Waals surface area contributed by atoms with Gasteiger partial charge in [-0.25, -0.2) is 0 Å². The lowest BCUT2D eigenvalue weighted by Crippen LogP contribution is -2.27. The van der Waals surface area contributed by atoms with Crippen molar-refractivity contribution in [3.8, 4) is 0 Å². The van der Waals surface area contributed by atoms with Crippen LogP contribution in [-0.2, 0) is 18.2 Å². The van der Waals surface area contributed by atoms with Crippen molar-refractivity contribution in [1.29, 1.82) is 0 Å². The molecule has 0 bridgehead atoms. The second-order valence-corrected chi connectivity index (χ2v) is 13.2. The summed E-state index contributed by atoms with van der Waals surface area (Å²) in [6, 6.07) is 26.4. The lowest BCUT2D eigenvalue weighted by atomic mass is 10.1. The number of hydrogen-bond donors (Lipinski definition) is 1. The molecule has 176 valence electrons. The molecule has 0 aromatic heterocycles. The summed E-state index contributed by atoms with van der Waals surface area (Å²) >= 11 is 0. The molecule has 0 radical (unpaired) electrons. The van der Waals surface area contributed by atoms with Gasteiger partial charge < -0.3 is 14.2 Å². The van der Waals surface area contributed by atoms with E-state index >= 15 is 0 Å². The zero-order valence-corrected chi connectivity index (χ0v) is 21.1. The van der Waals surface area contributed by atoms with Crippen molar-refractivity contribution in [3.05, 3.63) is 96.6 Å². The van der Waals surface area contributed by atoms with Gasteiger partial charge in [0, 0.05) is 10.6 Å². The van der Waals surface area contributed by atoms with Crippen LogP contribution in [0, 0.1) is 5.92 Å². The Kier molecular flexibility index (Phi) is 8.87. The third kappa shape index (κ3) is 5.93. The Labute approximate surface area is 196 Å². The largest absolute Gasteiger partial charge is 0.378 e. The molecule has 0 aliphatic rings. The molecular weight excluding hydrogens is 454 g/mol. The summed E-state index contributed by atoms with van der Waals surface area (Å²) in [6.07, 6.45) is 0.352. The first-order valence-electron chi connectivity index (χ1n) is 11.2. The van der Waals surface area contributed by atoms with Gasteiger partial charge in [-0.2, -0.15) is 0 Å². The highest BCUT2D eigenvalue weighted by molar-refractivity contribution is 7.70. The third-order valence-corrected chi connectivity index (χ3v) is 10.7. The van der Waals surface area contributed by atoms with Crippen molar-refractivity contribution >= 4 is 25.3 Å². The highest BCUT2D eigenvalue weighted by atomic mass is 31.2. The maximum absolute atomic E-state index is 14.5. The minimum absolute atomic E-state index is 0.0885. The van der Waals surface area contributed by atoms with E-state index < -0.39 is 26.4 Å². The van der Waals surface area contributed by atoms with Crippen LogP contribution in [0.1, 0.15) is 38.6 Å². The summed E-state index contributed by atoms with van der Waals surface area (Å²) < 4.78 is 41.1. The lowest BCUT2D eigenvalue weighted by Gasteiger charge is -2.34. The second kappa shape index (κ2) is 11.4. The molecule has 0 saturated carbocycles. The Morgan fingerprint density at radius 3 is 1.67 bits per heavy atom. The average molecular weight is 486 g/mol. The van der Waals surface area contributed by atoms with Gasteiger partial charge in [0.2, 0.25) is 0 Å². The molecule has 0 saturated heterocycles. The van der Waals surface area contributed by atoms with E-state index in [0.717, 1.165) is 0 Å². The van der Waals surface area contributed by atoms with Gasteiger partial charge >= 0.3 is 0 Å². The van der Waals surface area contributed by atoms with Gasteiger partial charge in [0.1, 0.15) is 5.85 Å². The van der Waals surface area contributed by atoms with Crippen molar-refractivity contribution < 1.29 is 23.3 Å². The summed E-state index contributed by atoms with van der Waals surface area (Å²) in [7, 11) is -7.52. The maximum Gasteiger partial charge on any atom is 0.264 e. The van der Waals surface area contributed by atoms with Crippen LogP contribution in [0.15, 0.2) is 91.0 Å². The normalized spacial score (nSPS) is 17.1. The van der Waals surface area contributed by atoms with E-state index in [4.69, 9.17) is 9.05 Å². The van der Waals surface area contributed by atoms with Crippen molar-refractivity contribution in [3.63, 3.8) is 0 Å². The van der Waals surface area contributed by atoms with Crippen LogP contribution in [0.2, 0.25) is 0 Å². The molecule has 0 aliphatic carbocycles. The van der Waals surface area contributed by atoms with Gasteiger partial charge in [-0.1, -0.05) is 80.6 Å². The summed E-state index contributed by atoms with van der Waals surface area (Å²) in [5.41, 5.74) is 0.471. The van der Waals surface area contributed by atoms with Gasteiger partial charge in [-0.15, -0.1) is 0 Å². The van der Waals surface area contributed by atoms with Crippen LogP contribution in [0.25, 0.3) is 0 Å². The number of benzene rings is 3. The Hall–Kier alpha value is -2.00. The SMILES string of the molecule is CCO[P@](=O)(c1ccccc1)[C@H](CC(C)C)O[P@@](=O)(c1ccccc1)[C@@H](O)c1ccccc1. The van der Waals surface area contributed by atoms with E-state index in [1.54, 1.807) is 79.7 Å². The first-order chi connectivity index (χ1) is 15.8. The van der Waals surface area contributed by atoms with Crippen molar-refractivity contribution in [2.45, 2.75) is 38.9 Å². The fourth-order valence-corrected chi connectivity index (χ4v) is 9.05. The summed E-state index contributed by atoms with van der Waals surface area (Å²) in [5.74, 6) is -2.32. The van der Waals surface area contributed by atoms with Gasteiger partial charge in [0.15, 0.2) is 5.85 Å². The molecule has 0 fully saturated rings. The number of hydrogen-bond acceptors (Lipinski definition) is 5. The van der Waals surface area contributed by atoms with Crippen molar-refractivity contribution in [1.82, 2.24) is 0 Å². The molecule has 3 aromatic rings. The quantitative estimate of drug-likeness (QED) is 0.322. The van der Waals surface area contributed by atoms with Crippen LogP contribution in [0.3, 0.4) is 0 Å². The van der Waals surface area contributed by atoms with E-state index in [9.17, 15) is 14.2 Å². The fraction of sp³-hybridized carbons (Fsp3) is 0.308. The third-order valence-electron chi connectivity index (χ3n) is 5.30. The topological polar surface area (TPSA) is 72.8 Å². The summed E-state index contributed by atoms with van der Waals surface area (Å²) in [5, 5.41) is 12.2. The summed E-state index contributed by atoms with van der Waals surface area (Å²) in [6.45, 7) is 5.95. The maximum atomic E-state index is 14.5. The Balaban J connectivity index is 2.14. The minimum atomic E-state index is -3.93. The molecule has 0 heterocycles. The van der Waals surface area contributed by atoms with Gasteiger partial charge in [-0.05, 0) is 49.1 Å². The number of rotatable bonds is 11. The van der Waals surface area contributed by atoms with Crippen LogP contribution in [-0.4, -0.2) is 17.6 Å². The molecule has 5 nitrogen and oxygen atoms in total. The molecule has 7 heteroatoms. The molecule has 0 aliphatic heterocycles. The number of aliphatic hydroxyl groups excluding tert-OH is 1. The van der Waals surface area contributed by atoms with Gasteiger partial charge in [-0.3, -0.25) is 9.13 Å². The Bertz CT molecular complexity index is 1090. The lowest BCUT2D eigenvalue weighted by molar-refractivity contribution is 0.179. The second-order valence-electron chi connectivity index (χ2n) is 8.26. The van der Waals surface area contributed by atoms with Crippen molar-refractivity contribution in [2.24, 2.45) is 5.92 Å². The van der Waals surface area contributed by atoms with E-state index in [0.29, 0.717) is 22.6 Å². The highest BCUT2D eigenvalue weighted by Crippen LogP contribution is 2.65. The molecule has 1 N–H and O–H groups in total. The first kappa shape index (κ1) is 25.6. The smallest absolute Gasteiger partial charge is 0.264 e. The van der Waals surface area contributed by atoms with Crippen LogP contribution in [0.4, 0.5) is 0 Å². The zero-order valence-electron chi connectivity index (χ0n) is 19.3. The highest BCUT2D eigenvalue weighted by Gasteiger charge is 2.46. The Morgan fingerprint density at radius 2 is 1.21 bits per heavy atom. The van der Waals surface area contributed by atoms with Crippen LogP contribution >= 0.6 is 14.7 Å². The van der Waals surface area contributed by atoms with E-state index in [1.807, 2.05) is 32.0 Å². The molecular formula is C26H32O5P2. The summed E-state index contributed by atoms with van der Waals surface area (Å²) in [4.78, 5) is 0. The standard InChI is InChI=1S/C26H32O5P2/c1-4-30-32(28,23-16-10-6-11-17-23)25(20-21(2)3)31-33(29,24-18-12-7-13-19-24)26(27)22-14-8-5-9-15-22/h5-19,21,25-27H,4,20H2,1-3H3/t25-,26-,32-,33+/m1/s1. The van der Waals surface area contributed by atoms with Crippen molar-refractivity contribution in [2.75, 3.05) is 6.61 Å². The first-order valence-corrected chi connectivity index (χ1v) is 14.6. The molecule has 0 spiro atoms. The van der Waals surface area contributed by atoms with Gasteiger partial charge in [0.25, 0.3) is 14.7 Å². The molecule has 4 atom stereocenters. The zero-order chi connectivity index (χ0) is 23.9. The van der Waals surface area contributed by atoms with E-state index in [-0.39, 0.29) is 12.5 Å². The van der Waals surface area contributed by atoms with E-state index in [1.165, 1.54) is 0 Å². The van der Waals surface area contributed by atoms with Crippen LogP contribution < -0.4 is 10.6 Å². The fourth-order valence-electron chi connectivity index (χ4n) is 3.70.